The first kappa shape index (κ1) is 22.5. The van der Waals surface area contributed by atoms with Crippen LogP contribution < -0.4 is 0 Å². The molecule has 3 rings (SSSR count). The van der Waals surface area contributed by atoms with Gasteiger partial charge in [0, 0.05) is 5.56 Å². The third-order valence-electron chi connectivity index (χ3n) is 4.81. The van der Waals surface area contributed by atoms with Gasteiger partial charge in [0.1, 0.15) is 0 Å². The van der Waals surface area contributed by atoms with E-state index in [-0.39, 0.29) is 0 Å². The van der Waals surface area contributed by atoms with E-state index in [1.165, 1.54) is 11.1 Å². The van der Waals surface area contributed by atoms with E-state index in [0.717, 1.165) is 28.4 Å². The van der Waals surface area contributed by atoms with Gasteiger partial charge in [-0.2, -0.15) is 0 Å². The first-order valence-corrected chi connectivity index (χ1v) is 10.7. The van der Waals surface area contributed by atoms with Crippen LogP contribution in [0.5, 0.6) is 0 Å². The summed E-state index contributed by atoms with van der Waals surface area (Å²) in [6, 6.07) is 23.0. The zero-order valence-electron chi connectivity index (χ0n) is 18.9. The van der Waals surface area contributed by atoms with E-state index in [9.17, 15) is 0 Å². The molecule has 0 unspecified atom stereocenters. The molecule has 0 fully saturated rings. The van der Waals surface area contributed by atoms with Crippen molar-refractivity contribution >= 4 is 11.4 Å². The van der Waals surface area contributed by atoms with Gasteiger partial charge in [0.05, 0.1) is 22.8 Å². The van der Waals surface area contributed by atoms with Gasteiger partial charge in [0.2, 0.25) is 0 Å². The largest absolute Gasteiger partial charge is 0.251 e. The van der Waals surface area contributed by atoms with Gasteiger partial charge in [-0.25, -0.2) is 4.98 Å². The van der Waals surface area contributed by atoms with Crippen LogP contribution in [0.15, 0.2) is 71.7 Å². The van der Waals surface area contributed by atoms with Crippen LogP contribution in [0, 0.1) is 0 Å². The Bertz CT molecular complexity index is 912. The molecule has 0 amide bonds. The van der Waals surface area contributed by atoms with Crippen LogP contribution in [0.25, 0.3) is 11.3 Å². The van der Waals surface area contributed by atoms with Gasteiger partial charge in [0.15, 0.2) is 0 Å². The normalized spacial score (nSPS) is 11.4. The van der Waals surface area contributed by atoms with Crippen molar-refractivity contribution in [3.05, 3.63) is 83.6 Å². The number of hydrogen-bond acceptors (Lipinski definition) is 2. The van der Waals surface area contributed by atoms with E-state index < -0.39 is 0 Å². The Labute approximate surface area is 176 Å². The molecule has 29 heavy (non-hydrogen) atoms. The molecule has 0 N–H and O–H groups in total. The topological polar surface area (TPSA) is 25.2 Å². The van der Waals surface area contributed by atoms with Crippen LogP contribution in [-0.2, 0) is 0 Å². The monoisotopic (exact) mass is 386 g/mol. The summed E-state index contributed by atoms with van der Waals surface area (Å²) in [5.74, 6) is 0.859. The SMILES string of the molecule is CC.CC(=Nc1c(C(C)C)cccc1C(C)C)c1cccc(-c2ccccc2)n1. The summed E-state index contributed by atoms with van der Waals surface area (Å²) in [7, 11) is 0. The number of para-hydroxylation sites is 1. The molecule has 1 aromatic heterocycles. The molecule has 2 heteroatoms. The summed E-state index contributed by atoms with van der Waals surface area (Å²) < 4.78 is 0. The average molecular weight is 387 g/mol. The van der Waals surface area contributed by atoms with Gasteiger partial charge in [-0.05, 0) is 42.0 Å². The minimum atomic E-state index is 0.430. The molecular formula is C27H34N2. The van der Waals surface area contributed by atoms with Crippen LogP contribution in [0.3, 0.4) is 0 Å². The number of aromatic nitrogens is 1. The maximum Gasteiger partial charge on any atom is 0.0849 e. The summed E-state index contributed by atoms with van der Waals surface area (Å²) >= 11 is 0. The smallest absolute Gasteiger partial charge is 0.0849 e. The Hall–Kier alpha value is -2.74. The fraction of sp³-hybridized carbons (Fsp3) is 0.333. The second-order valence-corrected chi connectivity index (χ2v) is 7.57. The fourth-order valence-corrected chi connectivity index (χ4v) is 3.27. The number of pyridine rings is 1. The molecule has 0 spiro atoms. The molecular weight excluding hydrogens is 352 g/mol. The highest BCUT2D eigenvalue weighted by molar-refractivity contribution is 5.99. The van der Waals surface area contributed by atoms with E-state index >= 15 is 0 Å². The highest BCUT2D eigenvalue weighted by Gasteiger charge is 2.14. The van der Waals surface area contributed by atoms with E-state index in [1.54, 1.807) is 0 Å². The minimum Gasteiger partial charge on any atom is -0.251 e. The van der Waals surface area contributed by atoms with Crippen molar-refractivity contribution in [2.45, 2.75) is 60.3 Å². The summed E-state index contributed by atoms with van der Waals surface area (Å²) in [6.07, 6.45) is 0. The minimum absolute atomic E-state index is 0.430. The quantitative estimate of drug-likeness (QED) is 0.406. The van der Waals surface area contributed by atoms with Crippen molar-refractivity contribution in [1.82, 2.24) is 4.98 Å². The van der Waals surface area contributed by atoms with Gasteiger partial charge < -0.3 is 0 Å². The fourth-order valence-electron chi connectivity index (χ4n) is 3.27. The van der Waals surface area contributed by atoms with E-state index in [4.69, 9.17) is 9.98 Å². The highest BCUT2D eigenvalue weighted by Crippen LogP contribution is 2.35. The molecule has 0 aliphatic heterocycles. The lowest BCUT2D eigenvalue weighted by Crippen LogP contribution is -2.02. The zero-order chi connectivity index (χ0) is 21.4. The molecule has 0 aliphatic carbocycles. The Morgan fingerprint density at radius 2 is 1.28 bits per heavy atom. The third-order valence-corrected chi connectivity index (χ3v) is 4.81. The molecule has 2 nitrogen and oxygen atoms in total. The summed E-state index contributed by atoms with van der Waals surface area (Å²) in [5.41, 5.74) is 7.65. The molecule has 0 saturated carbocycles. The van der Waals surface area contributed by atoms with Gasteiger partial charge in [-0.15, -0.1) is 0 Å². The lowest BCUT2D eigenvalue weighted by Gasteiger charge is -2.17. The average Bonchev–Trinajstić information content (AvgIpc) is 2.75. The van der Waals surface area contributed by atoms with Gasteiger partial charge in [-0.3, -0.25) is 4.99 Å². The Morgan fingerprint density at radius 1 is 0.724 bits per heavy atom. The molecule has 3 aromatic rings. The Kier molecular flexibility index (Phi) is 8.33. The van der Waals surface area contributed by atoms with Gasteiger partial charge >= 0.3 is 0 Å². The molecule has 0 radical (unpaired) electrons. The predicted molar refractivity (Wildman–Crippen MR) is 128 cm³/mol. The van der Waals surface area contributed by atoms with E-state index in [0.29, 0.717) is 11.8 Å². The van der Waals surface area contributed by atoms with Crippen molar-refractivity contribution in [2.75, 3.05) is 0 Å². The van der Waals surface area contributed by atoms with E-state index in [2.05, 4.69) is 71.0 Å². The maximum atomic E-state index is 5.06. The maximum absolute atomic E-state index is 5.06. The molecule has 152 valence electrons. The number of hydrogen-bond donors (Lipinski definition) is 0. The van der Waals surface area contributed by atoms with Crippen molar-refractivity contribution in [1.29, 1.82) is 0 Å². The molecule has 0 saturated heterocycles. The first-order chi connectivity index (χ1) is 14.0. The Morgan fingerprint density at radius 3 is 1.83 bits per heavy atom. The second-order valence-electron chi connectivity index (χ2n) is 7.57. The van der Waals surface area contributed by atoms with Crippen LogP contribution in [0.1, 0.15) is 77.1 Å². The third kappa shape index (κ3) is 5.63. The molecule has 2 aromatic carbocycles. The van der Waals surface area contributed by atoms with Crippen molar-refractivity contribution in [3.63, 3.8) is 0 Å². The van der Waals surface area contributed by atoms with Gasteiger partial charge in [-0.1, -0.05) is 96.1 Å². The lowest BCUT2D eigenvalue weighted by atomic mass is 9.93. The molecule has 0 atom stereocenters. The van der Waals surface area contributed by atoms with Crippen LogP contribution in [0.4, 0.5) is 5.69 Å². The van der Waals surface area contributed by atoms with Gasteiger partial charge in [0.25, 0.3) is 0 Å². The zero-order valence-corrected chi connectivity index (χ0v) is 18.9. The number of nitrogens with zero attached hydrogens (tertiary/aromatic N) is 2. The van der Waals surface area contributed by atoms with Crippen molar-refractivity contribution in [3.8, 4) is 11.3 Å². The summed E-state index contributed by atoms with van der Waals surface area (Å²) in [5, 5.41) is 0. The first-order valence-electron chi connectivity index (χ1n) is 10.7. The van der Waals surface area contributed by atoms with Crippen LogP contribution in [-0.4, -0.2) is 10.7 Å². The van der Waals surface area contributed by atoms with Crippen molar-refractivity contribution in [2.24, 2.45) is 4.99 Å². The number of benzene rings is 2. The molecule has 0 aliphatic rings. The van der Waals surface area contributed by atoms with Crippen LogP contribution in [0.2, 0.25) is 0 Å². The number of aliphatic imine (C=N–C) groups is 1. The van der Waals surface area contributed by atoms with E-state index in [1.807, 2.05) is 44.2 Å². The second kappa shape index (κ2) is 10.7. The summed E-state index contributed by atoms with van der Waals surface area (Å²) in [4.78, 5) is 9.92. The molecule has 1 heterocycles. The summed E-state index contributed by atoms with van der Waals surface area (Å²) in [6.45, 7) is 15.0. The predicted octanol–water partition coefficient (Wildman–Crippen LogP) is 8.16. The highest BCUT2D eigenvalue weighted by atomic mass is 14.8. The van der Waals surface area contributed by atoms with Crippen LogP contribution >= 0.6 is 0 Å². The standard InChI is InChI=1S/C25H28N2.C2H6/c1-17(2)21-13-9-14-22(18(3)4)25(21)26-19(5)23-15-10-16-24(27-23)20-11-7-6-8-12-20;1-2/h6-18H,1-5H3;1-2H3. The number of rotatable bonds is 5. The van der Waals surface area contributed by atoms with Crippen molar-refractivity contribution < 1.29 is 0 Å². The molecule has 0 bridgehead atoms. The lowest BCUT2D eigenvalue weighted by molar-refractivity contribution is 0.834. The Balaban J connectivity index is 0.00000145.